The van der Waals surface area contributed by atoms with E-state index in [0.717, 1.165) is 5.56 Å². The van der Waals surface area contributed by atoms with Crippen LogP contribution in [0.5, 0.6) is 5.75 Å². The van der Waals surface area contributed by atoms with Gasteiger partial charge in [-0.2, -0.15) is 0 Å². The summed E-state index contributed by atoms with van der Waals surface area (Å²) < 4.78 is 12.2. The van der Waals surface area contributed by atoms with Crippen LogP contribution >= 0.6 is 0 Å². The van der Waals surface area contributed by atoms with E-state index in [4.69, 9.17) is 9.47 Å². The van der Waals surface area contributed by atoms with Gasteiger partial charge in [-0.05, 0) is 37.3 Å². The molecule has 2 heterocycles. The summed E-state index contributed by atoms with van der Waals surface area (Å²) in [5.41, 5.74) is 0.674. The van der Waals surface area contributed by atoms with Crippen molar-refractivity contribution in [2.24, 2.45) is 7.05 Å². The van der Waals surface area contributed by atoms with Gasteiger partial charge in [0.2, 0.25) is 6.29 Å². The Bertz CT molecular complexity index is 1070. The molecule has 132 valence electrons. The summed E-state index contributed by atoms with van der Waals surface area (Å²) in [6, 6.07) is 11.3. The number of epoxide rings is 1. The number of nitro benzene ring substituents is 1. The number of nitrogens with zero attached hydrogens (tertiary/aromatic N) is 3. The maximum Gasteiger partial charge on any atom is 0.270 e. The number of hydrogen-bond acceptors (Lipinski definition) is 6. The van der Waals surface area contributed by atoms with Gasteiger partial charge in [-0.1, -0.05) is 0 Å². The molecule has 0 amide bonds. The number of benzene rings is 2. The minimum atomic E-state index is -0.532. The molecule has 1 fully saturated rings. The summed E-state index contributed by atoms with van der Waals surface area (Å²) in [6.45, 7) is 1.93. The molecular formula is C18H15N3O5. The van der Waals surface area contributed by atoms with Crippen molar-refractivity contribution in [3.63, 3.8) is 0 Å². The molecule has 26 heavy (non-hydrogen) atoms. The van der Waals surface area contributed by atoms with E-state index in [1.165, 1.54) is 22.8 Å². The van der Waals surface area contributed by atoms with E-state index in [9.17, 15) is 14.9 Å². The first-order valence-corrected chi connectivity index (χ1v) is 8.02. The summed E-state index contributed by atoms with van der Waals surface area (Å²) in [5, 5.41) is 11.1. The third-order valence-electron chi connectivity index (χ3n) is 4.29. The van der Waals surface area contributed by atoms with E-state index in [2.05, 4.69) is 4.98 Å². The Balaban J connectivity index is 1.74. The van der Waals surface area contributed by atoms with Crippen LogP contribution in [0.2, 0.25) is 0 Å². The molecule has 1 aliphatic heterocycles. The van der Waals surface area contributed by atoms with Gasteiger partial charge in [0.15, 0.2) is 0 Å². The van der Waals surface area contributed by atoms with Gasteiger partial charge < -0.3 is 9.47 Å². The summed E-state index contributed by atoms with van der Waals surface area (Å²) in [6.07, 6.45) is -0.110. The highest BCUT2D eigenvalue weighted by Gasteiger charge is 2.36. The molecule has 2 atom stereocenters. The fraction of sp³-hybridized carbons (Fsp3) is 0.222. The molecule has 0 saturated carbocycles. The second kappa shape index (κ2) is 5.92. The molecule has 0 spiro atoms. The Morgan fingerprint density at radius 2 is 1.92 bits per heavy atom. The second-order valence-electron chi connectivity index (χ2n) is 6.11. The van der Waals surface area contributed by atoms with E-state index in [1.807, 2.05) is 6.92 Å². The van der Waals surface area contributed by atoms with Crippen LogP contribution in [0.15, 0.2) is 47.3 Å². The number of rotatable bonds is 4. The van der Waals surface area contributed by atoms with Gasteiger partial charge in [-0.15, -0.1) is 0 Å². The van der Waals surface area contributed by atoms with Crippen LogP contribution in [0.25, 0.3) is 22.3 Å². The standard InChI is InChI=1S/C18H15N3O5/c1-10-18(25-10)26-13-6-3-11(4-7-13)16-19-15-8-5-12(21(23)24)9-14(15)17(22)20(16)2/h3-10,18H,1-2H3. The monoisotopic (exact) mass is 353 g/mol. The Morgan fingerprint density at radius 3 is 2.54 bits per heavy atom. The second-order valence-corrected chi connectivity index (χ2v) is 6.11. The molecule has 2 aromatic carbocycles. The quantitative estimate of drug-likeness (QED) is 0.406. The first-order valence-electron chi connectivity index (χ1n) is 8.02. The molecule has 0 aliphatic carbocycles. The van der Waals surface area contributed by atoms with E-state index >= 15 is 0 Å². The number of non-ortho nitro benzene ring substituents is 1. The molecule has 0 bridgehead atoms. The van der Waals surface area contributed by atoms with Crippen LogP contribution in [0.1, 0.15) is 6.92 Å². The SMILES string of the molecule is CC1OC1Oc1ccc(-c2nc3ccc([N+](=O)[O-])cc3c(=O)n2C)cc1. The largest absolute Gasteiger partial charge is 0.462 e. The minimum Gasteiger partial charge on any atom is -0.462 e. The van der Waals surface area contributed by atoms with Gasteiger partial charge in [0.1, 0.15) is 17.7 Å². The molecular weight excluding hydrogens is 338 g/mol. The zero-order valence-electron chi connectivity index (χ0n) is 14.1. The topological polar surface area (TPSA) is 99.8 Å². The van der Waals surface area contributed by atoms with E-state index in [0.29, 0.717) is 17.1 Å². The van der Waals surface area contributed by atoms with E-state index in [1.54, 1.807) is 31.3 Å². The molecule has 3 aromatic rings. The summed E-state index contributed by atoms with van der Waals surface area (Å²) in [7, 11) is 1.59. The average Bonchev–Trinajstić information content (AvgIpc) is 3.33. The van der Waals surface area contributed by atoms with Crippen LogP contribution in [0, 0.1) is 10.1 Å². The van der Waals surface area contributed by atoms with Crippen molar-refractivity contribution >= 4 is 16.6 Å². The zero-order chi connectivity index (χ0) is 18.4. The Kier molecular flexibility index (Phi) is 3.69. The third kappa shape index (κ3) is 2.80. The first kappa shape index (κ1) is 16.2. The van der Waals surface area contributed by atoms with Crippen LogP contribution in [-0.2, 0) is 11.8 Å². The molecule has 4 rings (SSSR count). The Hall–Kier alpha value is -3.26. The van der Waals surface area contributed by atoms with Gasteiger partial charge >= 0.3 is 0 Å². The van der Waals surface area contributed by atoms with Crippen molar-refractivity contribution in [2.45, 2.75) is 19.3 Å². The number of fused-ring (bicyclic) bond motifs is 1. The fourth-order valence-corrected chi connectivity index (χ4v) is 2.74. The molecule has 2 unspecified atom stereocenters. The Morgan fingerprint density at radius 1 is 1.23 bits per heavy atom. The van der Waals surface area contributed by atoms with Crippen molar-refractivity contribution < 1.29 is 14.4 Å². The molecule has 0 radical (unpaired) electrons. The lowest BCUT2D eigenvalue weighted by Gasteiger charge is -2.10. The van der Waals surface area contributed by atoms with Gasteiger partial charge in [0.05, 0.1) is 15.8 Å². The van der Waals surface area contributed by atoms with Gasteiger partial charge in [-0.3, -0.25) is 19.5 Å². The van der Waals surface area contributed by atoms with Crippen LogP contribution in [0.3, 0.4) is 0 Å². The minimum absolute atomic E-state index is 0.0988. The number of hydrogen-bond donors (Lipinski definition) is 0. The maximum atomic E-state index is 12.6. The lowest BCUT2D eigenvalue weighted by molar-refractivity contribution is -0.384. The lowest BCUT2D eigenvalue weighted by atomic mass is 10.1. The van der Waals surface area contributed by atoms with Gasteiger partial charge in [0, 0.05) is 24.7 Å². The number of aromatic nitrogens is 2. The smallest absolute Gasteiger partial charge is 0.270 e. The van der Waals surface area contributed by atoms with Gasteiger partial charge in [-0.25, -0.2) is 4.98 Å². The van der Waals surface area contributed by atoms with Crippen molar-refractivity contribution in [3.8, 4) is 17.1 Å². The maximum absolute atomic E-state index is 12.6. The first-order chi connectivity index (χ1) is 12.4. The Labute approximate surface area is 147 Å². The van der Waals surface area contributed by atoms with E-state index < -0.39 is 4.92 Å². The number of ether oxygens (including phenoxy) is 2. The summed E-state index contributed by atoms with van der Waals surface area (Å²) in [5.74, 6) is 1.14. The molecule has 1 aliphatic rings. The highest BCUT2D eigenvalue weighted by atomic mass is 16.8. The zero-order valence-corrected chi connectivity index (χ0v) is 14.1. The highest BCUT2D eigenvalue weighted by molar-refractivity contribution is 5.82. The average molecular weight is 353 g/mol. The normalized spacial score (nSPS) is 18.7. The lowest BCUT2D eigenvalue weighted by Crippen LogP contribution is -2.20. The fourth-order valence-electron chi connectivity index (χ4n) is 2.74. The molecule has 8 heteroatoms. The highest BCUT2D eigenvalue weighted by Crippen LogP contribution is 2.27. The molecule has 0 N–H and O–H groups in total. The molecule has 1 aromatic heterocycles. The predicted molar refractivity (Wildman–Crippen MR) is 94.0 cm³/mol. The van der Waals surface area contributed by atoms with Gasteiger partial charge in [0.25, 0.3) is 11.2 Å². The van der Waals surface area contributed by atoms with Crippen LogP contribution in [-0.4, -0.2) is 26.9 Å². The predicted octanol–water partition coefficient (Wildman–Crippen LogP) is 2.63. The molecule has 1 saturated heterocycles. The van der Waals surface area contributed by atoms with Crippen LogP contribution in [0.4, 0.5) is 5.69 Å². The van der Waals surface area contributed by atoms with Crippen molar-refractivity contribution in [1.82, 2.24) is 9.55 Å². The van der Waals surface area contributed by atoms with Crippen LogP contribution < -0.4 is 10.3 Å². The number of nitro groups is 1. The summed E-state index contributed by atoms with van der Waals surface area (Å²) >= 11 is 0. The van der Waals surface area contributed by atoms with Crippen molar-refractivity contribution in [3.05, 3.63) is 62.9 Å². The molecule has 8 nitrogen and oxygen atoms in total. The third-order valence-corrected chi connectivity index (χ3v) is 4.29. The summed E-state index contributed by atoms with van der Waals surface area (Å²) in [4.78, 5) is 27.5. The van der Waals surface area contributed by atoms with Crippen molar-refractivity contribution in [2.75, 3.05) is 0 Å². The van der Waals surface area contributed by atoms with E-state index in [-0.39, 0.29) is 29.0 Å². The van der Waals surface area contributed by atoms with Crippen molar-refractivity contribution in [1.29, 1.82) is 0 Å².